The number of benzene rings is 2. The monoisotopic (exact) mass is 342 g/mol. The summed E-state index contributed by atoms with van der Waals surface area (Å²) in [5.74, 6) is 0.945. The maximum absolute atomic E-state index is 12.3. The third-order valence-corrected chi connectivity index (χ3v) is 4.58. The van der Waals surface area contributed by atoms with Crippen molar-refractivity contribution in [1.29, 1.82) is 0 Å². The molecular weight excluding hydrogens is 324 g/mol. The van der Waals surface area contributed by atoms with Crippen LogP contribution in [0.3, 0.4) is 0 Å². The van der Waals surface area contributed by atoms with Crippen molar-refractivity contribution in [2.24, 2.45) is 0 Å². The smallest absolute Gasteiger partial charge is 0.234 e. The van der Waals surface area contributed by atoms with E-state index in [0.717, 1.165) is 16.1 Å². The molecule has 1 heterocycles. The van der Waals surface area contributed by atoms with E-state index in [4.69, 9.17) is 4.74 Å². The number of thioether (sulfide) groups is 1. The van der Waals surface area contributed by atoms with Crippen molar-refractivity contribution in [3.8, 4) is 5.75 Å². The first-order valence-corrected chi connectivity index (χ1v) is 8.71. The minimum atomic E-state index is -0.128. The number of rotatable bonds is 5. The van der Waals surface area contributed by atoms with E-state index in [9.17, 15) is 9.59 Å². The summed E-state index contributed by atoms with van der Waals surface area (Å²) >= 11 is 1.51. The lowest BCUT2D eigenvalue weighted by Crippen LogP contribution is -2.19. The summed E-state index contributed by atoms with van der Waals surface area (Å²) in [6, 6.07) is 13.1. The van der Waals surface area contributed by atoms with Crippen LogP contribution >= 0.6 is 11.8 Å². The lowest BCUT2D eigenvalue weighted by molar-refractivity contribution is -0.115. The molecule has 1 aliphatic rings. The van der Waals surface area contributed by atoms with Crippen molar-refractivity contribution in [3.63, 3.8) is 0 Å². The molecule has 0 unspecified atom stereocenters. The summed E-state index contributed by atoms with van der Waals surface area (Å²) in [6.07, 6.45) is 0.230. The third-order valence-electron chi connectivity index (χ3n) is 3.50. The van der Waals surface area contributed by atoms with Gasteiger partial charge >= 0.3 is 0 Å². The number of hydrogen-bond acceptors (Lipinski definition) is 4. The standard InChI is InChI=1S/C18H18N2O3S/c1-2-23-15-6-4-3-5-13(15)19-17(21)10-12-7-8-16-14(9-12)20-18(22)11-24-16/h3-9H,2,10-11H2,1H3,(H,19,21)(H,20,22). The van der Waals surface area contributed by atoms with Crippen LogP contribution in [0, 0.1) is 0 Å². The molecule has 24 heavy (non-hydrogen) atoms. The van der Waals surface area contributed by atoms with Crippen molar-refractivity contribution in [2.45, 2.75) is 18.2 Å². The highest BCUT2D eigenvalue weighted by molar-refractivity contribution is 8.00. The zero-order valence-electron chi connectivity index (χ0n) is 13.3. The largest absolute Gasteiger partial charge is 0.492 e. The predicted octanol–water partition coefficient (Wildman–Crippen LogP) is 3.31. The number of amides is 2. The molecule has 0 saturated carbocycles. The van der Waals surface area contributed by atoms with Crippen molar-refractivity contribution in [2.75, 3.05) is 23.0 Å². The highest BCUT2D eigenvalue weighted by atomic mass is 32.2. The summed E-state index contributed by atoms with van der Waals surface area (Å²) in [5, 5.41) is 5.71. The quantitative estimate of drug-likeness (QED) is 0.875. The van der Waals surface area contributed by atoms with E-state index >= 15 is 0 Å². The van der Waals surface area contributed by atoms with E-state index in [1.54, 1.807) is 0 Å². The maximum Gasteiger partial charge on any atom is 0.234 e. The molecule has 0 spiro atoms. The Kier molecular flexibility index (Phi) is 5.05. The molecule has 0 aromatic heterocycles. The number of carbonyl (C=O) groups is 2. The van der Waals surface area contributed by atoms with Gasteiger partial charge in [0, 0.05) is 4.90 Å². The van der Waals surface area contributed by atoms with Gasteiger partial charge in [-0.1, -0.05) is 18.2 Å². The molecule has 0 saturated heterocycles. The zero-order valence-corrected chi connectivity index (χ0v) is 14.1. The fourth-order valence-electron chi connectivity index (χ4n) is 2.47. The molecular formula is C18H18N2O3S. The van der Waals surface area contributed by atoms with Gasteiger partial charge in [-0.3, -0.25) is 9.59 Å². The van der Waals surface area contributed by atoms with Gasteiger partial charge in [0.1, 0.15) is 5.75 Å². The molecule has 6 heteroatoms. The minimum absolute atomic E-state index is 0.0141. The van der Waals surface area contributed by atoms with Gasteiger partial charge in [0.05, 0.1) is 30.2 Å². The Labute approximate surface area is 144 Å². The number of nitrogens with one attached hydrogen (secondary N) is 2. The average Bonchev–Trinajstić information content (AvgIpc) is 2.56. The third kappa shape index (κ3) is 3.89. The number of hydrogen-bond donors (Lipinski definition) is 2. The topological polar surface area (TPSA) is 67.4 Å². The molecule has 1 aliphatic heterocycles. The highest BCUT2D eigenvalue weighted by Gasteiger charge is 2.16. The second-order valence-electron chi connectivity index (χ2n) is 5.32. The summed E-state index contributed by atoms with van der Waals surface area (Å²) in [6.45, 7) is 2.44. The number of ether oxygens (including phenoxy) is 1. The Bertz CT molecular complexity index is 777. The van der Waals surface area contributed by atoms with E-state index in [-0.39, 0.29) is 18.2 Å². The van der Waals surface area contributed by atoms with E-state index in [1.165, 1.54) is 11.8 Å². The van der Waals surface area contributed by atoms with E-state index < -0.39 is 0 Å². The first-order valence-electron chi connectivity index (χ1n) is 7.73. The van der Waals surface area contributed by atoms with Crippen molar-refractivity contribution in [1.82, 2.24) is 0 Å². The van der Waals surface area contributed by atoms with Crippen LogP contribution in [0.15, 0.2) is 47.4 Å². The van der Waals surface area contributed by atoms with Crippen molar-refractivity contribution >= 4 is 35.0 Å². The lowest BCUT2D eigenvalue weighted by Gasteiger charge is -2.17. The number of carbonyl (C=O) groups excluding carboxylic acids is 2. The fraction of sp³-hybridized carbons (Fsp3) is 0.222. The fourth-order valence-corrected chi connectivity index (χ4v) is 3.26. The molecule has 0 atom stereocenters. The molecule has 0 aliphatic carbocycles. The Morgan fingerprint density at radius 2 is 2.12 bits per heavy atom. The average molecular weight is 342 g/mol. The van der Waals surface area contributed by atoms with Crippen LogP contribution in [0.25, 0.3) is 0 Å². The van der Waals surface area contributed by atoms with Crippen molar-refractivity contribution < 1.29 is 14.3 Å². The maximum atomic E-state index is 12.3. The van der Waals surface area contributed by atoms with E-state index in [2.05, 4.69) is 10.6 Å². The Morgan fingerprint density at radius 1 is 1.29 bits per heavy atom. The van der Waals surface area contributed by atoms with Crippen LogP contribution in [0.5, 0.6) is 5.75 Å². The van der Waals surface area contributed by atoms with Crippen LogP contribution in [0.2, 0.25) is 0 Å². The Balaban J connectivity index is 1.69. The number of fused-ring (bicyclic) bond motifs is 1. The number of para-hydroxylation sites is 2. The Morgan fingerprint density at radius 3 is 2.96 bits per heavy atom. The first-order chi connectivity index (χ1) is 11.7. The van der Waals surface area contributed by atoms with Crippen LogP contribution in [0.4, 0.5) is 11.4 Å². The van der Waals surface area contributed by atoms with Crippen LogP contribution in [-0.2, 0) is 16.0 Å². The molecule has 124 valence electrons. The predicted molar refractivity (Wildman–Crippen MR) is 95.7 cm³/mol. The summed E-state index contributed by atoms with van der Waals surface area (Å²) in [4.78, 5) is 24.8. The molecule has 0 radical (unpaired) electrons. The molecule has 2 aromatic rings. The first kappa shape index (κ1) is 16.4. The molecule has 0 bridgehead atoms. The van der Waals surface area contributed by atoms with Crippen LogP contribution in [0.1, 0.15) is 12.5 Å². The zero-order chi connectivity index (χ0) is 16.9. The summed E-state index contributed by atoms with van der Waals surface area (Å²) < 4.78 is 5.51. The molecule has 2 N–H and O–H groups in total. The molecule has 0 fully saturated rings. The van der Waals surface area contributed by atoms with Gasteiger partial charge in [0.2, 0.25) is 11.8 Å². The van der Waals surface area contributed by atoms with Gasteiger partial charge in [0.15, 0.2) is 0 Å². The van der Waals surface area contributed by atoms with Gasteiger partial charge in [-0.2, -0.15) is 0 Å². The normalized spacial score (nSPS) is 13.0. The van der Waals surface area contributed by atoms with E-state index in [0.29, 0.717) is 23.8 Å². The minimum Gasteiger partial charge on any atom is -0.492 e. The van der Waals surface area contributed by atoms with Crippen LogP contribution in [-0.4, -0.2) is 24.2 Å². The number of anilines is 2. The molecule has 2 aromatic carbocycles. The summed E-state index contributed by atoms with van der Waals surface area (Å²) in [7, 11) is 0. The highest BCUT2D eigenvalue weighted by Crippen LogP contribution is 2.32. The Hall–Kier alpha value is -2.47. The van der Waals surface area contributed by atoms with Gasteiger partial charge in [-0.25, -0.2) is 0 Å². The van der Waals surface area contributed by atoms with Gasteiger partial charge in [-0.05, 0) is 36.8 Å². The second-order valence-corrected chi connectivity index (χ2v) is 6.34. The van der Waals surface area contributed by atoms with Gasteiger partial charge in [0.25, 0.3) is 0 Å². The SMILES string of the molecule is CCOc1ccccc1NC(=O)Cc1ccc2c(c1)NC(=O)CS2. The summed E-state index contributed by atoms with van der Waals surface area (Å²) in [5.41, 5.74) is 2.28. The van der Waals surface area contributed by atoms with Gasteiger partial charge in [-0.15, -0.1) is 11.8 Å². The van der Waals surface area contributed by atoms with Crippen molar-refractivity contribution in [3.05, 3.63) is 48.0 Å². The second kappa shape index (κ2) is 7.40. The lowest BCUT2D eigenvalue weighted by atomic mass is 10.1. The van der Waals surface area contributed by atoms with Crippen LogP contribution < -0.4 is 15.4 Å². The molecule has 5 nitrogen and oxygen atoms in total. The van der Waals surface area contributed by atoms with Gasteiger partial charge < -0.3 is 15.4 Å². The molecule has 3 rings (SSSR count). The van der Waals surface area contributed by atoms with E-state index in [1.807, 2.05) is 49.4 Å². The molecule has 2 amide bonds.